The molecule has 0 saturated carbocycles. The van der Waals surface area contributed by atoms with Gasteiger partial charge in [-0.3, -0.25) is 0 Å². The van der Waals surface area contributed by atoms with E-state index in [1.165, 1.54) is 22.9 Å². The Hall–Kier alpha value is -0.870. The fourth-order valence-corrected chi connectivity index (χ4v) is 2.11. The average Bonchev–Trinajstić information content (AvgIpc) is 2.14. The number of aryl methyl sites for hydroxylation is 2. The van der Waals surface area contributed by atoms with E-state index < -0.39 is 9.84 Å². The van der Waals surface area contributed by atoms with Crippen molar-refractivity contribution in [2.24, 2.45) is 0 Å². The highest BCUT2D eigenvalue weighted by Crippen LogP contribution is 2.12. The SMILES string of the molecule is Cc1cccc(C)c1CNCCS(C)(=O)=O. The number of hydrogen-bond donors (Lipinski definition) is 1. The van der Waals surface area contributed by atoms with Crippen molar-refractivity contribution < 1.29 is 8.42 Å². The van der Waals surface area contributed by atoms with Crippen LogP contribution in [0.4, 0.5) is 0 Å². The van der Waals surface area contributed by atoms with Crippen molar-refractivity contribution in [1.82, 2.24) is 5.32 Å². The minimum absolute atomic E-state index is 0.192. The number of nitrogens with one attached hydrogen (secondary N) is 1. The summed E-state index contributed by atoms with van der Waals surface area (Å²) in [5.74, 6) is 0.192. The fraction of sp³-hybridized carbons (Fsp3) is 0.500. The van der Waals surface area contributed by atoms with Crippen molar-refractivity contribution in [2.75, 3.05) is 18.6 Å². The van der Waals surface area contributed by atoms with Crippen LogP contribution in [-0.2, 0) is 16.4 Å². The molecule has 0 aliphatic rings. The van der Waals surface area contributed by atoms with E-state index in [0.717, 1.165) is 6.54 Å². The van der Waals surface area contributed by atoms with Gasteiger partial charge in [-0.05, 0) is 30.5 Å². The molecule has 3 nitrogen and oxygen atoms in total. The Morgan fingerprint density at radius 2 is 1.75 bits per heavy atom. The Bertz CT molecular complexity index is 432. The van der Waals surface area contributed by atoms with E-state index in [1.54, 1.807) is 0 Å². The summed E-state index contributed by atoms with van der Waals surface area (Å²) in [6.07, 6.45) is 1.26. The lowest BCUT2D eigenvalue weighted by atomic mass is 10.0. The second-order valence-corrected chi connectivity index (χ2v) is 6.44. The summed E-state index contributed by atoms with van der Waals surface area (Å²) in [6, 6.07) is 6.17. The second-order valence-electron chi connectivity index (χ2n) is 4.18. The summed E-state index contributed by atoms with van der Waals surface area (Å²) in [5, 5.41) is 3.16. The topological polar surface area (TPSA) is 46.2 Å². The first-order chi connectivity index (χ1) is 7.40. The summed E-state index contributed by atoms with van der Waals surface area (Å²) < 4.78 is 21.9. The highest BCUT2D eigenvalue weighted by molar-refractivity contribution is 7.90. The van der Waals surface area contributed by atoms with Crippen molar-refractivity contribution in [3.8, 4) is 0 Å². The van der Waals surface area contributed by atoms with Gasteiger partial charge in [0, 0.05) is 19.3 Å². The van der Waals surface area contributed by atoms with Crippen molar-refractivity contribution in [1.29, 1.82) is 0 Å². The zero-order chi connectivity index (χ0) is 12.2. The van der Waals surface area contributed by atoms with Gasteiger partial charge in [0.05, 0.1) is 5.75 Å². The summed E-state index contributed by atoms with van der Waals surface area (Å²) in [7, 11) is -2.86. The molecule has 1 N–H and O–H groups in total. The molecule has 1 aromatic carbocycles. The minimum Gasteiger partial charge on any atom is -0.312 e. The van der Waals surface area contributed by atoms with Gasteiger partial charge in [-0.1, -0.05) is 18.2 Å². The largest absolute Gasteiger partial charge is 0.312 e. The average molecular weight is 241 g/mol. The Labute approximate surface area is 97.8 Å². The maximum Gasteiger partial charge on any atom is 0.148 e. The summed E-state index contributed by atoms with van der Waals surface area (Å²) in [4.78, 5) is 0. The van der Waals surface area contributed by atoms with Crippen molar-refractivity contribution >= 4 is 9.84 Å². The predicted molar refractivity (Wildman–Crippen MR) is 67.3 cm³/mol. The van der Waals surface area contributed by atoms with Crippen LogP contribution < -0.4 is 5.32 Å². The molecule has 0 saturated heterocycles. The monoisotopic (exact) mass is 241 g/mol. The van der Waals surface area contributed by atoms with Gasteiger partial charge in [-0.2, -0.15) is 0 Å². The smallest absolute Gasteiger partial charge is 0.148 e. The van der Waals surface area contributed by atoms with Gasteiger partial charge in [0.25, 0.3) is 0 Å². The number of rotatable bonds is 5. The van der Waals surface area contributed by atoms with E-state index in [0.29, 0.717) is 6.54 Å². The third-order valence-corrected chi connectivity index (χ3v) is 3.54. The van der Waals surface area contributed by atoms with Gasteiger partial charge in [-0.25, -0.2) is 8.42 Å². The Kier molecular flexibility index (Phi) is 4.50. The maximum atomic E-state index is 10.9. The highest BCUT2D eigenvalue weighted by Gasteiger charge is 2.03. The molecule has 0 aliphatic heterocycles. The molecule has 4 heteroatoms. The first kappa shape index (κ1) is 13.2. The normalized spacial score (nSPS) is 11.7. The third-order valence-electron chi connectivity index (χ3n) is 2.60. The molecular weight excluding hydrogens is 222 g/mol. The molecule has 0 radical (unpaired) electrons. The van der Waals surface area contributed by atoms with Gasteiger partial charge in [0.15, 0.2) is 0 Å². The van der Waals surface area contributed by atoms with E-state index >= 15 is 0 Å². The van der Waals surface area contributed by atoms with E-state index in [2.05, 4.69) is 31.3 Å². The first-order valence-corrected chi connectivity index (χ1v) is 7.40. The molecule has 90 valence electrons. The van der Waals surface area contributed by atoms with Crippen LogP contribution in [0.2, 0.25) is 0 Å². The Morgan fingerprint density at radius 3 is 2.25 bits per heavy atom. The quantitative estimate of drug-likeness (QED) is 0.793. The fourth-order valence-electron chi connectivity index (χ4n) is 1.60. The van der Waals surface area contributed by atoms with Gasteiger partial charge >= 0.3 is 0 Å². The van der Waals surface area contributed by atoms with Crippen LogP contribution >= 0.6 is 0 Å². The van der Waals surface area contributed by atoms with E-state index in [4.69, 9.17) is 0 Å². The van der Waals surface area contributed by atoms with Crippen LogP contribution in [0.15, 0.2) is 18.2 Å². The van der Waals surface area contributed by atoms with Crippen LogP contribution in [0.1, 0.15) is 16.7 Å². The summed E-state index contributed by atoms with van der Waals surface area (Å²) in [5.41, 5.74) is 3.75. The molecular formula is C12H19NO2S. The highest BCUT2D eigenvalue weighted by atomic mass is 32.2. The lowest BCUT2D eigenvalue weighted by molar-refractivity contribution is 0.596. The molecule has 16 heavy (non-hydrogen) atoms. The number of sulfone groups is 1. The van der Waals surface area contributed by atoms with Crippen LogP contribution in [0.3, 0.4) is 0 Å². The lowest BCUT2D eigenvalue weighted by Crippen LogP contribution is -2.22. The van der Waals surface area contributed by atoms with Crippen molar-refractivity contribution in [3.05, 3.63) is 34.9 Å². The molecule has 0 fully saturated rings. The Morgan fingerprint density at radius 1 is 1.19 bits per heavy atom. The Balaban J connectivity index is 2.49. The van der Waals surface area contributed by atoms with Crippen molar-refractivity contribution in [2.45, 2.75) is 20.4 Å². The van der Waals surface area contributed by atoms with Crippen molar-refractivity contribution in [3.63, 3.8) is 0 Å². The molecule has 0 unspecified atom stereocenters. The number of hydrogen-bond acceptors (Lipinski definition) is 3. The molecule has 1 aromatic rings. The number of benzene rings is 1. The van der Waals surface area contributed by atoms with E-state index in [1.807, 2.05) is 6.07 Å². The van der Waals surface area contributed by atoms with Crippen LogP contribution in [0, 0.1) is 13.8 Å². The first-order valence-electron chi connectivity index (χ1n) is 5.33. The van der Waals surface area contributed by atoms with Gasteiger partial charge in [0.1, 0.15) is 9.84 Å². The molecule has 0 bridgehead atoms. The molecule has 0 spiro atoms. The van der Waals surface area contributed by atoms with Gasteiger partial charge < -0.3 is 5.32 Å². The molecule has 1 rings (SSSR count). The molecule has 0 heterocycles. The molecule has 0 atom stereocenters. The minimum atomic E-state index is -2.86. The molecule has 0 aliphatic carbocycles. The summed E-state index contributed by atoms with van der Waals surface area (Å²) in [6.45, 7) is 5.38. The van der Waals surface area contributed by atoms with Crippen LogP contribution in [0.25, 0.3) is 0 Å². The zero-order valence-electron chi connectivity index (χ0n) is 10.1. The maximum absolute atomic E-state index is 10.9. The molecule has 0 aromatic heterocycles. The third kappa shape index (κ3) is 4.33. The van der Waals surface area contributed by atoms with Crippen LogP contribution in [-0.4, -0.2) is 27.0 Å². The van der Waals surface area contributed by atoms with Gasteiger partial charge in [0.2, 0.25) is 0 Å². The lowest BCUT2D eigenvalue weighted by Gasteiger charge is -2.10. The van der Waals surface area contributed by atoms with E-state index in [9.17, 15) is 8.42 Å². The summed E-state index contributed by atoms with van der Waals surface area (Å²) >= 11 is 0. The van der Waals surface area contributed by atoms with E-state index in [-0.39, 0.29) is 5.75 Å². The second kappa shape index (κ2) is 5.46. The zero-order valence-corrected chi connectivity index (χ0v) is 10.9. The van der Waals surface area contributed by atoms with Gasteiger partial charge in [-0.15, -0.1) is 0 Å². The standard InChI is InChI=1S/C12H19NO2S/c1-10-5-4-6-11(2)12(10)9-13-7-8-16(3,14)15/h4-6,13H,7-9H2,1-3H3. The molecule has 0 amide bonds. The predicted octanol–water partition coefficient (Wildman–Crippen LogP) is 1.44. The van der Waals surface area contributed by atoms with Crippen LogP contribution in [0.5, 0.6) is 0 Å².